The van der Waals surface area contributed by atoms with Gasteiger partial charge in [0.25, 0.3) is 0 Å². The number of hydrogen-bond donors (Lipinski definition) is 3. The molecule has 2 atom stereocenters. The molecule has 8 nitrogen and oxygen atoms in total. The van der Waals surface area contributed by atoms with Crippen LogP contribution >= 0.6 is 11.8 Å². The molecule has 2 rings (SSSR count). The van der Waals surface area contributed by atoms with Gasteiger partial charge in [-0.3, -0.25) is 10.1 Å². The molecule has 1 aromatic rings. The number of urea groups is 1. The molecule has 0 spiro atoms. The number of allylic oxidation sites excluding steroid dienone is 1. The standard InChI is InChI=1S/C18H22N4O4S/c1-4-22(5-2)18(25)21-17(24)15-14(11(9-19)16(20)27-15)10-6-7-12(23)13(8-10)26-3/h6-8,14-15,23H,4-5,20H2,1-3H3,(H,21,24,25). The first-order valence-electron chi connectivity index (χ1n) is 8.40. The quantitative estimate of drug-likeness (QED) is 0.700. The smallest absolute Gasteiger partial charge is 0.324 e. The first-order chi connectivity index (χ1) is 12.9. The third-order valence-corrected chi connectivity index (χ3v) is 5.57. The topological polar surface area (TPSA) is 129 Å². The molecular weight excluding hydrogens is 368 g/mol. The third kappa shape index (κ3) is 4.11. The number of carbonyl (C=O) groups excluding carboxylic acids is 2. The molecule has 0 bridgehead atoms. The van der Waals surface area contributed by atoms with Crippen LogP contribution in [0.1, 0.15) is 25.3 Å². The number of ether oxygens (including phenoxy) is 1. The largest absolute Gasteiger partial charge is 0.504 e. The SMILES string of the molecule is CCN(CC)C(=O)NC(=O)C1SC(N)=C(C#N)C1c1ccc(O)c(OC)c1. The molecule has 27 heavy (non-hydrogen) atoms. The Kier molecular flexibility index (Phi) is 6.58. The number of imide groups is 1. The van der Waals surface area contributed by atoms with Gasteiger partial charge < -0.3 is 20.5 Å². The van der Waals surface area contributed by atoms with Crippen LogP contribution in [0, 0.1) is 11.3 Å². The number of phenols is 1. The maximum atomic E-state index is 12.8. The summed E-state index contributed by atoms with van der Waals surface area (Å²) >= 11 is 1.04. The lowest BCUT2D eigenvalue weighted by molar-refractivity contribution is -0.119. The fourth-order valence-electron chi connectivity index (χ4n) is 2.90. The van der Waals surface area contributed by atoms with Crippen LogP contribution in [0.5, 0.6) is 11.5 Å². The van der Waals surface area contributed by atoms with Crippen molar-refractivity contribution in [1.29, 1.82) is 5.26 Å². The lowest BCUT2D eigenvalue weighted by Crippen LogP contribution is -2.46. The van der Waals surface area contributed by atoms with Crippen LogP contribution in [-0.2, 0) is 4.79 Å². The number of rotatable bonds is 5. The Morgan fingerprint density at radius 3 is 2.63 bits per heavy atom. The molecule has 0 saturated carbocycles. The molecule has 0 fully saturated rings. The molecule has 1 aliphatic rings. The molecule has 3 amide bonds. The molecule has 144 valence electrons. The van der Waals surface area contributed by atoms with Crippen molar-refractivity contribution in [3.63, 3.8) is 0 Å². The molecule has 1 aliphatic heterocycles. The van der Waals surface area contributed by atoms with E-state index in [-0.39, 0.29) is 22.1 Å². The molecule has 0 aromatic heterocycles. The number of nitrogens with zero attached hydrogens (tertiary/aromatic N) is 2. The number of benzene rings is 1. The van der Waals surface area contributed by atoms with Crippen molar-refractivity contribution >= 4 is 23.7 Å². The summed E-state index contributed by atoms with van der Waals surface area (Å²) < 4.78 is 5.11. The van der Waals surface area contributed by atoms with Gasteiger partial charge in [0.05, 0.1) is 23.8 Å². The lowest BCUT2D eigenvalue weighted by Gasteiger charge is -2.23. The zero-order chi connectivity index (χ0) is 20.1. The number of hydrogen-bond acceptors (Lipinski definition) is 7. The average molecular weight is 390 g/mol. The molecule has 9 heteroatoms. The highest BCUT2D eigenvalue weighted by Crippen LogP contribution is 2.46. The van der Waals surface area contributed by atoms with E-state index in [0.29, 0.717) is 18.7 Å². The van der Waals surface area contributed by atoms with Crippen LogP contribution in [-0.4, -0.2) is 47.4 Å². The van der Waals surface area contributed by atoms with Crippen molar-refractivity contribution in [3.05, 3.63) is 34.4 Å². The van der Waals surface area contributed by atoms with Gasteiger partial charge in [0.15, 0.2) is 11.5 Å². The Morgan fingerprint density at radius 2 is 2.07 bits per heavy atom. The number of nitriles is 1. The van der Waals surface area contributed by atoms with Gasteiger partial charge in [-0.2, -0.15) is 5.26 Å². The number of phenolic OH excluding ortho intramolecular Hbond substituents is 1. The summed E-state index contributed by atoms with van der Waals surface area (Å²) in [5.41, 5.74) is 6.79. The van der Waals surface area contributed by atoms with Gasteiger partial charge >= 0.3 is 6.03 Å². The van der Waals surface area contributed by atoms with E-state index in [1.807, 2.05) is 13.8 Å². The molecule has 0 saturated heterocycles. The first-order valence-corrected chi connectivity index (χ1v) is 9.28. The monoisotopic (exact) mass is 390 g/mol. The third-order valence-electron chi connectivity index (χ3n) is 4.36. The van der Waals surface area contributed by atoms with Gasteiger partial charge in [0, 0.05) is 19.0 Å². The number of methoxy groups -OCH3 is 1. The Bertz CT molecular complexity index is 814. The summed E-state index contributed by atoms with van der Waals surface area (Å²) in [7, 11) is 1.41. The van der Waals surface area contributed by atoms with Crippen LogP contribution in [0.25, 0.3) is 0 Å². The van der Waals surface area contributed by atoms with E-state index in [1.54, 1.807) is 12.1 Å². The number of aromatic hydroxyl groups is 1. The minimum atomic E-state index is -0.784. The van der Waals surface area contributed by atoms with Crippen LogP contribution in [0.4, 0.5) is 4.79 Å². The maximum absolute atomic E-state index is 12.8. The second-order valence-electron chi connectivity index (χ2n) is 5.80. The Hall–Kier alpha value is -2.86. The summed E-state index contributed by atoms with van der Waals surface area (Å²) in [5.74, 6) is -1.01. The second-order valence-corrected chi connectivity index (χ2v) is 6.99. The van der Waals surface area contributed by atoms with E-state index in [9.17, 15) is 20.0 Å². The number of amides is 3. The molecule has 2 unspecified atom stereocenters. The highest BCUT2D eigenvalue weighted by molar-refractivity contribution is 8.04. The highest BCUT2D eigenvalue weighted by Gasteiger charge is 2.41. The van der Waals surface area contributed by atoms with Gasteiger partial charge in [0.1, 0.15) is 5.25 Å². The van der Waals surface area contributed by atoms with Crippen molar-refractivity contribution in [2.75, 3.05) is 20.2 Å². The molecule has 0 radical (unpaired) electrons. The van der Waals surface area contributed by atoms with Gasteiger partial charge in [0.2, 0.25) is 5.91 Å². The van der Waals surface area contributed by atoms with E-state index in [1.165, 1.54) is 18.1 Å². The van der Waals surface area contributed by atoms with Crippen molar-refractivity contribution in [2.24, 2.45) is 5.73 Å². The van der Waals surface area contributed by atoms with E-state index in [2.05, 4.69) is 11.4 Å². The zero-order valence-corrected chi connectivity index (χ0v) is 16.2. The van der Waals surface area contributed by atoms with E-state index < -0.39 is 23.1 Å². The number of thioether (sulfide) groups is 1. The van der Waals surface area contributed by atoms with Gasteiger partial charge in [-0.15, -0.1) is 0 Å². The molecular formula is C18H22N4O4S. The summed E-state index contributed by atoms with van der Waals surface area (Å²) in [5, 5.41) is 21.1. The first kappa shape index (κ1) is 20.5. The van der Waals surface area contributed by atoms with E-state index >= 15 is 0 Å². The van der Waals surface area contributed by atoms with Gasteiger partial charge in [-0.25, -0.2) is 4.79 Å². The molecule has 0 aliphatic carbocycles. The van der Waals surface area contributed by atoms with Gasteiger partial charge in [-0.1, -0.05) is 17.8 Å². The van der Waals surface area contributed by atoms with Crippen molar-refractivity contribution in [3.8, 4) is 17.6 Å². The Morgan fingerprint density at radius 1 is 1.41 bits per heavy atom. The van der Waals surface area contributed by atoms with Crippen molar-refractivity contribution < 1.29 is 19.4 Å². The van der Waals surface area contributed by atoms with Crippen LogP contribution in [0.15, 0.2) is 28.8 Å². The number of nitrogens with two attached hydrogens (primary N) is 1. The summed E-state index contributed by atoms with van der Waals surface area (Å²) in [4.78, 5) is 26.5. The minimum absolute atomic E-state index is 0.0555. The number of nitrogens with one attached hydrogen (secondary N) is 1. The summed E-state index contributed by atoms with van der Waals surface area (Å²) in [6, 6.07) is 6.15. The summed E-state index contributed by atoms with van der Waals surface area (Å²) in [6.07, 6.45) is 0. The van der Waals surface area contributed by atoms with E-state index in [0.717, 1.165) is 11.8 Å². The Balaban J connectivity index is 2.35. The van der Waals surface area contributed by atoms with Crippen molar-refractivity contribution in [1.82, 2.24) is 10.2 Å². The predicted octanol–water partition coefficient (Wildman–Crippen LogP) is 1.87. The fraction of sp³-hybridized carbons (Fsp3) is 0.389. The zero-order valence-electron chi connectivity index (χ0n) is 15.4. The Labute approximate surface area is 162 Å². The lowest BCUT2D eigenvalue weighted by atomic mass is 9.88. The van der Waals surface area contributed by atoms with Crippen molar-refractivity contribution in [2.45, 2.75) is 25.0 Å². The average Bonchev–Trinajstić information content (AvgIpc) is 2.99. The minimum Gasteiger partial charge on any atom is -0.504 e. The van der Waals surface area contributed by atoms with Crippen LogP contribution < -0.4 is 15.8 Å². The molecule has 1 heterocycles. The fourth-order valence-corrected chi connectivity index (χ4v) is 4.07. The van der Waals surface area contributed by atoms with E-state index in [4.69, 9.17) is 10.5 Å². The van der Waals surface area contributed by atoms with Gasteiger partial charge in [-0.05, 0) is 31.5 Å². The summed E-state index contributed by atoms with van der Waals surface area (Å²) in [6.45, 7) is 4.57. The van der Waals surface area contributed by atoms with Crippen LogP contribution in [0.3, 0.4) is 0 Å². The maximum Gasteiger partial charge on any atom is 0.324 e. The predicted molar refractivity (Wildman–Crippen MR) is 102 cm³/mol. The molecule has 4 N–H and O–H groups in total. The highest BCUT2D eigenvalue weighted by atomic mass is 32.2. The normalized spacial score (nSPS) is 18.7. The number of carbonyl (C=O) groups is 2. The van der Waals surface area contributed by atoms with Crippen LogP contribution in [0.2, 0.25) is 0 Å². The second kappa shape index (κ2) is 8.68. The molecule has 1 aromatic carbocycles.